The fraction of sp³-hybridized carbons (Fsp3) is 0.389. The van der Waals surface area contributed by atoms with Crippen LogP contribution in [0.5, 0.6) is 0 Å². The van der Waals surface area contributed by atoms with E-state index in [4.69, 9.17) is 0 Å². The Balaban J connectivity index is 1.37. The number of carbonyl (C=O) groups is 1. The van der Waals surface area contributed by atoms with E-state index in [0.29, 0.717) is 5.91 Å². The van der Waals surface area contributed by atoms with Gasteiger partial charge in [0, 0.05) is 23.7 Å². The molecule has 4 rings (SSSR count). The van der Waals surface area contributed by atoms with E-state index in [9.17, 15) is 4.79 Å². The van der Waals surface area contributed by atoms with Crippen LogP contribution in [0.25, 0.3) is 0 Å². The first-order valence-electron chi connectivity index (χ1n) is 7.89. The quantitative estimate of drug-likeness (QED) is 0.811. The first-order chi connectivity index (χ1) is 10.8. The molecule has 3 nitrogen and oxygen atoms in total. The summed E-state index contributed by atoms with van der Waals surface area (Å²) >= 11 is 1.82. The number of hydrogen-bond acceptors (Lipinski definition) is 3. The highest BCUT2D eigenvalue weighted by atomic mass is 32.1. The van der Waals surface area contributed by atoms with Crippen molar-refractivity contribution in [3.8, 4) is 0 Å². The molecular weight excluding hydrogens is 292 g/mol. The monoisotopic (exact) mass is 312 g/mol. The number of hydrogen-bond donors (Lipinski definition) is 0. The number of β-lactam (4-membered cyclic amide) rings is 1. The van der Waals surface area contributed by atoms with Gasteiger partial charge in [0.15, 0.2) is 0 Å². The molecular formula is C18H20N2OS. The summed E-state index contributed by atoms with van der Waals surface area (Å²) < 4.78 is 0. The molecule has 2 aromatic rings. The molecule has 0 bridgehead atoms. The maximum atomic E-state index is 12.7. The molecule has 1 aromatic carbocycles. The highest BCUT2D eigenvalue weighted by molar-refractivity contribution is 7.09. The molecule has 0 unspecified atom stereocenters. The second kappa shape index (κ2) is 5.52. The minimum Gasteiger partial charge on any atom is -0.311 e. The maximum Gasteiger partial charge on any atom is 0.235 e. The summed E-state index contributed by atoms with van der Waals surface area (Å²) in [5.41, 5.74) is 0.959. The van der Waals surface area contributed by atoms with E-state index >= 15 is 0 Å². The van der Waals surface area contributed by atoms with Gasteiger partial charge in [0.2, 0.25) is 5.91 Å². The van der Waals surface area contributed by atoms with Crippen LogP contribution in [0.1, 0.15) is 17.7 Å². The average Bonchev–Trinajstić information content (AvgIpc) is 3.07. The highest BCUT2D eigenvalue weighted by Crippen LogP contribution is 2.44. The Hall–Kier alpha value is -1.65. The summed E-state index contributed by atoms with van der Waals surface area (Å²) in [6, 6.07) is 14.3. The van der Waals surface area contributed by atoms with Crippen molar-refractivity contribution >= 4 is 22.9 Å². The summed E-state index contributed by atoms with van der Waals surface area (Å²) in [6.45, 7) is 3.99. The third-order valence-corrected chi connectivity index (χ3v) is 5.86. The van der Waals surface area contributed by atoms with Crippen LogP contribution in [0.3, 0.4) is 0 Å². The topological polar surface area (TPSA) is 23.6 Å². The predicted octanol–water partition coefficient (Wildman–Crippen LogP) is 3.38. The van der Waals surface area contributed by atoms with Crippen LogP contribution in [-0.2, 0) is 11.3 Å². The molecule has 1 amide bonds. The van der Waals surface area contributed by atoms with Crippen LogP contribution in [0.2, 0.25) is 0 Å². The molecule has 0 atom stereocenters. The van der Waals surface area contributed by atoms with Crippen molar-refractivity contribution in [2.24, 2.45) is 5.41 Å². The van der Waals surface area contributed by atoms with Crippen molar-refractivity contribution in [2.75, 3.05) is 24.5 Å². The van der Waals surface area contributed by atoms with Gasteiger partial charge >= 0.3 is 0 Å². The summed E-state index contributed by atoms with van der Waals surface area (Å²) in [4.78, 5) is 18.5. The minimum absolute atomic E-state index is 0.0816. The molecule has 2 fully saturated rings. The Labute approximate surface area is 135 Å². The number of para-hydroxylation sites is 1. The molecule has 0 N–H and O–H groups in total. The molecule has 0 saturated carbocycles. The van der Waals surface area contributed by atoms with Crippen LogP contribution in [0.4, 0.5) is 5.69 Å². The van der Waals surface area contributed by atoms with Gasteiger partial charge in [-0.05, 0) is 49.5 Å². The van der Waals surface area contributed by atoms with Crippen molar-refractivity contribution in [3.05, 3.63) is 52.7 Å². The van der Waals surface area contributed by atoms with Crippen molar-refractivity contribution in [2.45, 2.75) is 19.4 Å². The largest absolute Gasteiger partial charge is 0.311 e. The van der Waals surface area contributed by atoms with Gasteiger partial charge in [-0.3, -0.25) is 9.69 Å². The molecule has 1 aromatic heterocycles. The molecule has 0 radical (unpaired) electrons. The number of nitrogens with zero attached hydrogens (tertiary/aromatic N) is 2. The zero-order valence-electron chi connectivity index (χ0n) is 12.6. The molecule has 22 heavy (non-hydrogen) atoms. The van der Waals surface area contributed by atoms with Crippen molar-refractivity contribution in [3.63, 3.8) is 0 Å². The number of amides is 1. The van der Waals surface area contributed by atoms with Gasteiger partial charge in [0.25, 0.3) is 0 Å². The molecule has 0 aliphatic carbocycles. The average molecular weight is 312 g/mol. The van der Waals surface area contributed by atoms with Crippen molar-refractivity contribution in [1.29, 1.82) is 0 Å². The number of likely N-dealkylation sites (tertiary alicyclic amines) is 1. The standard InChI is InChI=1S/C18H20N2OS/c21-17-18(14-20(17)15-5-2-1-3-6-15)8-10-19(11-9-18)13-16-7-4-12-22-16/h1-7,12H,8-11,13-14H2. The second-order valence-electron chi connectivity index (χ2n) is 6.36. The SMILES string of the molecule is O=C1N(c2ccccc2)CC12CCN(Cc1cccs1)CC2. The molecule has 2 saturated heterocycles. The number of carbonyl (C=O) groups excluding carboxylic acids is 1. The van der Waals surface area contributed by atoms with Crippen LogP contribution in [-0.4, -0.2) is 30.4 Å². The first-order valence-corrected chi connectivity index (χ1v) is 8.77. The van der Waals surface area contributed by atoms with Gasteiger partial charge in [0.05, 0.1) is 5.41 Å². The van der Waals surface area contributed by atoms with Gasteiger partial charge in [-0.15, -0.1) is 11.3 Å². The maximum absolute atomic E-state index is 12.7. The summed E-state index contributed by atoms with van der Waals surface area (Å²) in [5.74, 6) is 0.328. The zero-order valence-corrected chi connectivity index (χ0v) is 13.4. The van der Waals surface area contributed by atoms with Gasteiger partial charge < -0.3 is 4.90 Å². The predicted molar refractivity (Wildman–Crippen MR) is 90.1 cm³/mol. The summed E-state index contributed by atoms with van der Waals surface area (Å²) in [6.07, 6.45) is 2.00. The molecule has 114 valence electrons. The van der Waals surface area contributed by atoms with Crippen LogP contribution in [0.15, 0.2) is 47.8 Å². The van der Waals surface area contributed by atoms with Gasteiger partial charge in [0.1, 0.15) is 0 Å². The third kappa shape index (κ3) is 2.36. The van der Waals surface area contributed by atoms with E-state index in [1.165, 1.54) is 4.88 Å². The Bertz CT molecular complexity index is 645. The highest BCUT2D eigenvalue weighted by Gasteiger charge is 2.53. The summed E-state index contributed by atoms with van der Waals surface area (Å²) in [5, 5.41) is 2.13. The minimum atomic E-state index is -0.0816. The van der Waals surface area contributed by atoms with E-state index in [2.05, 4.69) is 22.4 Å². The van der Waals surface area contributed by atoms with E-state index in [1.807, 2.05) is 46.6 Å². The molecule has 3 heterocycles. The van der Waals surface area contributed by atoms with E-state index in [0.717, 1.165) is 44.7 Å². The fourth-order valence-corrected chi connectivity index (χ4v) is 4.33. The normalized spacial score (nSPS) is 21.1. The molecule has 2 aliphatic rings. The summed E-state index contributed by atoms with van der Waals surface area (Å²) in [7, 11) is 0. The first kappa shape index (κ1) is 14.0. The Kier molecular flexibility index (Phi) is 3.51. The van der Waals surface area contributed by atoms with E-state index in [-0.39, 0.29) is 5.41 Å². The lowest BCUT2D eigenvalue weighted by Crippen LogP contribution is -2.64. The number of anilines is 1. The third-order valence-electron chi connectivity index (χ3n) is 5.00. The van der Waals surface area contributed by atoms with Crippen LogP contribution < -0.4 is 4.90 Å². The Morgan fingerprint density at radius 1 is 1.05 bits per heavy atom. The molecule has 2 aliphatic heterocycles. The lowest BCUT2D eigenvalue weighted by Gasteiger charge is -2.52. The van der Waals surface area contributed by atoms with Gasteiger partial charge in [-0.2, -0.15) is 0 Å². The second-order valence-corrected chi connectivity index (χ2v) is 7.39. The van der Waals surface area contributed by atoms with Gasteiger partial charge in [-0.1, -0.05) is 24.3 Å². The van der Waals surface area contributed by atoms with E-state index < -0.39 is 0 Å². The zero-order chi connectivity index (χ0) is 15.0. The van der Waals surface area contributed by atoms with Crippen molar-refractivity contribution < 1.29 is 4.79 Å². The Morgan fingerprint density at radius 3 is 2.45 bits per heavy atom. The lowest BCUT2D eigenvalue weighted by molar-refractivity contribution is -0.138. The number of rotatable bonds is 3. The number of piperidine rings is 1. The smallest absolute Gasteiger partial charge is 0.235 e. The number of thiophene rings is 1. The van der Waals surface area contributed by atoms with Crippen molar-refractivity contribution in [1.82, 2.24) is 4.90 Å². The van der Waals surface area contributed by atoms with Crippen LogP contribution >= 0.6 is 11.3 Å². The number of benzene rings is 1. The molecule has 1 spiro atoms. The Morgan fingerprint density at radius 2 is 1.82 bits per heavy atom. The van der Waals surface area contributed by atoms with Gasteiger partial charge in [-0.25, -0.2) is 0 Å². The molecule has 4 heteroatoms. The fourth-order valence-electron chi connectivity index (χ4n) is 3.59. The van der Waals surface area contributed by atoms with E-state index in [1.54, 1.807) is 0 Å². The lowest BCUT2D eigenvalue weighted by atomic mass is 9.71. The van der Waals surface area contributed by atoms with Crippen LogP contribution in [0, 0.1) is 5.41 Å².